The van der Waals surface area contributed by atoms with Crippen molar-refractivity contribution in [2.24, 2.45) is 0 Å². The van der Waals surface area contributed by atoms with Gasteiger partial charge in [-0.15, -0.1) is 0 Å². The quantitative estimate of drug-likeness (QED) is 0.276. The van der Waals surface area contributed by atoms with Gasteiger partial charge in [-0.1, -0.05) is 12.1 Å². The number of nitrogens with one attached hydrogen (secondary N) is 2. The van der Waals surface area contributed by atoms with Gasteiger partial charge >= 0.3 is 5.97 Å². The molecule has 0 saturated carbocycles. The second-order valence-corrected chi connectivity index (χ2v) is 13.7. The molecule has 0 heterocycles. The Morgan fingerprint density at radius 3 is 1.74 bits per heavy atom. The Morgan fingerprint density at radius 1 is 0.882 bits per heavy atom. The van der Waals surface area contributed by atoms with E-state index in [0.717, 1.165) is 0 Å². The zero-order chi connectivity index (χ0) is 26.4. The van der Waals surface area contributed by atoms with Crippen LogP contribution in [0.4, 0.5) is 11.4 Å². The topological polar surface area (TPSA) is 173 Å². The third-order valence-electron chi connectivity index (χ3n) is 5.07. The second-order valence-electron chi connectivity index (χ2n) is 8.86. The van der Waals surface area contributed by atoms with Gasteiger partial charge in [0.15, 0.2) is 9.84 Å². The first-order chi connectivity index (χ1) is 15.4. The number of para-hydroxylation sites is 2. The third kappa shape index (κ3) is 8.37. The predicted molar refractivity (Wildman–Crippen MR) is 128 cm³/mol. The van der Waals surface area contributed by atoms with E-state index in [-0.39, 0.29) is 24.4 Å². The molecule has 3 N–H and O–H groups in total. The number of hydrogen-bond acceptors (Lipinski definition) is 8. The molecule has 0 aromatic heterocycles. The molecule has 0 bridgehead atoms. The minimum Gasteiger partial charge on any atom is -0.466 e. The average molecular weight is 521 g/mol. The zero-order valence-electron chi connectivity index (χ0n) is 19.9. The predicted octanol–water partition coefficient (Wildman–Crippen LogP) is 2.16. The number of esters is 1. The van der Waals surface area contributed by atoms with Crippen LogP contribution in [0.2, 0.25) is 0 Å². The lowest BCUT2D eigenvalue weighted by atomic mass is 10.1. The lowest BCUT2D eigenvalue weighted by molar-refractivity contribution is -0.142. The van der Waals surface area contributed by atoms with Crippen LogP contribution >= 0.6 is 0 Å². The van der Waals surface area contributed by atoms with Crippen molar-refractivity contribution < 1.29 is 40.5 Å². The van der Waals surface area contributed by atoms with Crippen LogP contribution in [0.5, 0.6) is 0 Å². The normalized spacial score (nSPS) is 12.6. The molecule has 11 nitrogen and oxygen atoms in total. The minimum atomic E-state index is -4.48. The molecule has 0 aliphatic carbocycles. The molecule has 0 aliphatic rings. The van der Waals surface area contributed by atoms with Crippen molar-refractivity contribution in [1.82, 2.24) is 0 Å². The van der Waals surface area contributed by atoms with Crippen molar-refractivity contribution in [3.8, 4) is 0 Å². The smallest absolute Gasteiger partial charge is 0.306 e. The number of anilines is 2. The number of benzene rings is 1. The van der Waals surface area contributed by atoms with Crippen LogP contribution in [0, 0.1) is 0 Å². The van der Waals surface area contributed by atoms with Gasteiger partial charge < -0.3 is 15.4 Å². The van der Waals surface area contributed by atoms with Gasteiger partial charge in [-0.2, -0.15) is 8.42 Å². The molecule has 0 spiro atoms. The van der Waals surface area contributed by atoms with Gasteiger partial charge in [-0.25, -0.2) is 8.42 Å². The molecule has 13 heteroatoms. The van der Waals surface area contributed by atoms with E-state index in [4.69, 9.17) is 4.74 Å². The van der Waals surface area contributed by atoms with Crippen molar-refractivity contribution in [3.05, 3.63) is 24.3 Å². The maximum atomic E-state index is 12.7. The van der Waals surface area contributed by atoms with Crippen molar-refractivity contribution in [2.45, 2.75) is 63.4 Å². The molecule has 0 fully saturated rings. The maximum absolute atomic E-state index is 12.7. The van der Waals surface area contributed by atoms with Gasteiger partial charge in [-0.05, 0) is 46.8 Å². The van der Waals surface area contributed by atoms with E-state index in [0.29, 0.717) is 0 Å². The van der Waals surface area contributed by atoms with Crippen LogP contribution in [0.1, 0.15) is 53.9 Å². The molecule has 0 saturated heterocycles. The monoisotopic (exact) mass is 520 g/mol. The van der Waals surface area contributed by atoms with Crippen LogP contribution in [-0.4, -0.2) is 61.0 Å². The van der Waals surface area contributed by atoms with Gasteiger partial charge in [0.05, 0.1) is 34.9 Å². The summed E-state index contributed by atoms with van der Waals surface area (Å²) >= 11 is 0. The van der Waals surface area contributed by atoms with Crippen LogP contribution in [0.25, 0.3) is 0 Å². The summed E-state index contributed by atoms with van der Waals surface area (Å²) in [6.07, 6.45) is -1.29. The van der Waals surface area contributed by atoms with Crippen LogP contribution in [0.3, 0.4) is 0 Å². The van der Waals surface area contributed by atoms with E-state index >= 15 is 0 Å². The van der Waals surface area contributed by atoms with Crippen molar-refractivity contribution >= 4 is 49.1 Å². The molecule has 0 aliphatic heterocycles. The summed E-state index contributed by atoms with van der Waals surface area (Å²) in [5.41, 5.74) is 0.334. The summed E-state index contributed by atoms with van der Waals surface area (Å²) in [6.45, 7) is 6.88. The average Bonchev–Trinajstić information content (AvgIpc) is 2.66. The van der Waals surface area contributed by atoms with Gasteiger partial charge in [0.25, 0.3) is 10.1 Å². The minimum absolute atomic E-state index is 0.133. The van der Waals surface area contributed by atoms with E-state index in [1.165, 1.54) is 39.8 Å². The van der Waals surface area contributed by atoms with Gasteiger partial charge in [0, 0.05) is 12.8 Å². The highest BCUT2D eigenvalue weighted by Crippen LogP contribution is 2.27. The number of ether oxygens (including phenoxy) is 1. The van der Waals surface area contributed by atoms with Crippen LogP contribution in [-0.2, 0) is 39.1 Å². The van der Waals surface area contributed by atoms with Gasteiger partial charge in [0.1, 0.15) is 4.75 Å². The Labute approximate surface area is 200 Å². The summed E-state index contributed by atoms with van der Waals surface area (Å²) in [5, 5.41) is 5.03. The van der Waals surface area contributed by atoms with E-state index < -0.39 is 65.8 Å². The Kier molecular flexibility index (Phi) is 9.79. The largest absolute Gasteiger partial charge is 0.466 e. The fourth-order valence-corrected chi connectivity index (χ4v) is 4.44. The molecule has 0 radical (unpaired) electrons. The van der Waals surface area contributed by atoms with Gasteiger partial charge in [0.2, 0.25) is 11.8 Å². The molecule has 192 valence electrons. The molecular weight excluding hydrogens is 488 g/mol. The van der Waals surface area contributed by atoms with Crippen molar-refractivity contribution in [3.63, 3.8) is 0 Å². The first-order valence-corrected chi connectivity index (χ1v) is 13.5. The summed E-state index contributed by atoms with van der Waals surface area (Å²) < 4.78 is 59.0. The van der Waals surface area contributed by atoms with Crippen molar-refractivity contribution in [2.75, 3.05) is 23.0 Å². The molecule has 0 unspecified atom stereocenters. The van der Waals surface area contributed by atoms with Crippen LogP contribution in [0.15, 0.2) is 24.3 Å². The second kappa shape index (κ2) is 11.3. The maximum Gasteiger partial charge on any atom is 0.306 e. The number of carbonyl (C=O) groups excluding carboxylic acids is 3. The zero-order valence-corrected chi connectivity index (χ0v) is 21.5. The fraction of sp³-hybridized carbons (Fsp3) is 0.571. The number of amides is 2. The van der Waals surface area contributed by atoms with Crippen molar-refractivity contribution in [1.29, 1.82) is 0 Å². The lowest BCUT2D eigenvalue weighted by Gasteiger charge is -2.24. The number of hydrogen-bond donors (Lipinski definition) is 3. The standard InChI is InChI=1S/C21H32N2O9S2/c1-6-32-19(26)11-12-33(27,28)20(2,3)13-17(24)22-15-9-7-8-10-16(15)23-18(25)14-21(4,5)34(29,30)31/h7-10H,6,11-14H2,1-5H3,(H,22,24)(H,23,25)(H,29,30,31). The molecule has 2 amide bonds. The first kappa shape index (κ1) is 29.5. The van der Waals surface area contributed by atoms with Crippen LogP contribution < -0.4 is 10.6 Å². The SMILES string of the molecule is CCOC(=O)CCS(=O)(=O)C(C)(C)CC(=O)Nc1ccccc1NC(=O)CC(C)(C)S(=O)(=O)O. The summed E-state index contributed by atoms with van der Waals surface area (Å²) in [4.78, 5) is 36.5. The number of carbonyl (C=O) groups is 3. The number of rotatable bonds is 12. The number of sulfone groups is 1. The van der Waals surface area contributed by atoms with Gasteiger partial charge in [-0.3, -0.25) is 18.9 Å². The third-order valence-corrected chi connectivity index (χ3v) is 9.18. The molecule has 1 aromatic carbocycles. The highest BCUT2D eigenvalue weighted by Gasteiger charge is 2.37. The molecule has 1 rings (SSSR count). The Hall–Kier alpha value is -2.51. The summed E-state index contributed by atoms with van der Waals surface area (Å²) in [7, 11) is -8.32. The summed E-state index contributed by atoms with van der Waals surface area (Å²) in [6, 6.07) is 6.09. The fourth-order valence-electron chi connectivity index (χ4n) is 2.79. The molecule has 1 aromatic rings. The van der Waals surface area contributed by atoms with E-state index in [2.05, 4.69) is 10.6 Å². The molecule has 34 heavy (non-hydrogen) atoms. The van der Waals surface area contributed by atoms with E-state index in [1.807, 2.05) is 0 Å². The summed E-state index contributed by atoms with van der Waals surface area (Å²) in [5.74, 6) is -2.48. The highest BCUT2D eigenvalue weighted by atomic mass is 32.2. The lowest BCUT2D eigenvalue weighted by Crippen LogP contribution is -2.38. The molecular formula is C21H32N2O9S2. The molecule has 0 atom stereocenters. The first-order valence-electron chi connectivity index (χ1n) is 10.5. The van der Waals surface area contributed by atoms with E-state index in [9.17, 15) is 35.8 Å². The highest BCUT2D eigenvalue weighted by molar-refractivity contribution is 7.92. The Bertz CT molecular complexity index is 1120. The Balaban J connectivity index is 2.90. The Morgan fingerprint density at radius 2 is 1.32 bits per heavy atom. The van der Waals surface area contributed by atoms with E-state index in [1.54, 1.807) is 19.1 Å².